The first-order valence-electron chi connectivity index (χ1n) is 10.6. The summed E-state index contributed by atoms with van der Waals surface area (Å²) in [5, 5.41) is 13.7. The summed E-state index contributed by atoms with van der Waals surface area (Å²) in [5.74, 6) is -0.642. The average molecular weight is 479 g/mol. The number of hydrogen-bond donors (Lipinski definition) is 3. The number of nitrogens with one attached hydrogen (secondary N) is 1. The van der Waals surface area contributed by atoms with Gasteiger partial charge in [-0.2, -0.15) is 0 Å². The maximum absolute atomic E-state index is 13.0. The Kier molecular flexibility index (Phi) is 7.29. The molecule has 0 bridgehead atoms. The van der Waals surface area contributed by atoms with E-state index >= 15 is 0 Å². The minimum atomic E-state index is -0.762. The van der Waals surface area contributed by atoms with E-state index in [1.54, 1.807) is 5.51 Å². The van der Waals surface area contributed by atoms with Gasteiger partial charge in [-0.3, -0.25) is 9.59 Å². The highest BCUT2D eigenvalue weighted by Gasteiger charge is 2.42. The van der Waals surface area contributed by atoms with E-state index in [-0.39, 0.29) is 30.8 Å². The van der Waals surface area contributed by atoms with Crippen molar-refractivity contribution in [1.82, 2.24) is 15.2 Å². The van der Waals surface area contributed by atoms with Crippen molar-refractivity contribution in [2.75, 3.05) is 6.54 Å². The minimum absolute atomic E-state index is 0.101. The smallest absolute Gasteiger partial charge is 0.243 e. The molecule has 1 aromatic carbocycles. The number of nitrogens with two attached hydrogens (primary N) is 1. The van der Waals surface area contributed by atoms with Crippen LogP contribution in [0.1, 0.15) is 51.4 Å². The second-order valence-electron chi connectivity index (χ2n) is 9.48. The Balaban J connectivity index is 1.73. The van der Waals surface area contributed by atoms with Crippen LogP contribution in [0.15, 0.2) is 23.7 Å². The molecule has 1 aliphatic rings. The molecule has 1 aromatic heterocycles. The molecule has 2 unspecified atom stereocenters. The Bertz CT molecular complexity index is 1000. The first-order chi connectivity index (χ1) is 14.9. The summed E-state index contributed by atoms with van der Waals surface area (Å²) in [7, 11) is 0. The Morgan fingerprint density at radius 2 is 2.06 bits per heavy atom. The predicted octanol–water partition coefficient (Wildman–Crippen LogP) is 3.28. The first kappa shape index (κ1) is 24.6. The number of aliphatic hydroxyl groups excluding tert-OH is 1. The van der Waals surface area contributed by atoms with Gasteiger partial charge in [0, 0.05) is 23.6 Å². The molecule has 0 aliphatic carbocycles. The quantitative estimate of drug-likeness (QED) is 0.611. The topological polar surface area (TPSA) is 109 Å². The van der Waals surface area contributed by atoms with Gasteiger partial charge in [-0.05, 0) is 30.9 Å². The molecule has 3 rings (SSSR count). The van der Waals surface area contributed by atoms with Crippen LogP contribution < -0.4 is 11.1 Å². The molecule has 4 N–H and O–H groups in total. The Morgan fingerprint density at radius 3 is 2.62 bits per heavy atom. The number of amides is 2. The third-order valence-corrected chi connectivity index (χ3v) is 7.18. The monoisotopic (exact) mass is 478 g/mol. The van der Waals surface area contributed by atoms with Gasteiger partial charge in [-0.15, -0.1) is 11.3 Å². The summed E-state index contributed by atoms with van der Waals surface area (Å²) in [6.07, 6.45) is -0.570. The molecule has 0 saturated carbocycles. The van der Waals surface area contributed by atoms with Gasteiger partial charge in [-0.1, -0.05) is 44.5 Å². The fourth-order valence-corrected chi connectivity index (χ4v) is 4.98. The van der Waals surface area contributed by atoms with Crippen LogP contribution in [0.4, 0.5) is 0 Å². The van der Waals surface area contributed by atoms with Crippen molar-refractivity contribution in [3.63, 3.8) is 0 Å². The number of aryl methyl sites for hydroxylation is 1. The van der Waals surface area contributed by atoms with Gasteiger partial charge in [0.1, 0.15) is 6.04 Å². The highest BCUT2D eigenvalue weighted by molar-refractivity contribution is 7.13. The Labute approximate surface area is 198 Å². The molecule has 1 saturated heterocycles. The second-order valence-corrected chi connectivity index (χ2v) is 10.7. The van der Waals surface area contributed by atoms with Crippen molar-refractivity contribution in [2.45, 2.75) is 65.3 Å². The lowest BCUT2D eigenvalue weighted by molar-refractivity contribution is -0.141. The van der Waals surface area contributed by atoms with Gasteiger partial charge in [-0.25, -0.2) is 4.98 Å². The fourth-order valence-electron chi connectivity index (χ4n) is 3.79. The molecule has 9 heteroatoms. The van der Waals surface area contributed by atoms with E-state index in [2.05, 4.69) is 10.3 Å². The van der Waals surface area contributed by atoms with Gasteiger partial charge in [0.05, 0.1) is 34.3 Å². The second kappa shape index (κ2) is 9.47. The summed E-state index contributed by atoms with van der Waals surface area (Å²) in [5.41, 5.74) is 10.1. The Hall–Kier alpha value is -2.00. The Morgan fingerprint density at radius 1 is 1.38 bits per heavy atom. The van der Waals surface area contributed by atoms with Crippen molar-refractivity contribution in [2.24, 2.45) is 11.1 Å². The number of nitrogens with zero attached hydrogens (tertiary/aromatic N) is 2. The maximum Gasteiger partial charge on any atom is 0.243 e. The number of carbonyl (C=O) groups is 2. The number of thiazole rings is 1. The first-order valence-corrected chi connectivity index (χ1v) is 11.9. The number of likely N-dealkylation sites (tertiary alicyclic amines) is 1. The molecule has 4 atom stereocenters. The SMILES string of the molecule is Cc1ncsc1-c1ccc(C(C)NC(=O)[C@@H]2C[C@@H](O)CN2C(=O)C(N)C(C)(C)C)cc1Cl. The van der Waals surface area contributed by atoms with Crippen molar-refractivity contribution in [1.29, 1.82) is 0 Å². The van der Waals surface area contributed by atoms with Gasteiger partial charge in [0.15, 0.2) is 0 Å². The molecule has 0 spiro atoms. The van der Waals surface area contributed by atoms with Crippen LogP contribution in [-0.4, -0.2) is 51.5 Å². The van der Waals surface area contributed by atoms with Gasteiger partial charge < -0.3 is 21.1 Å². The van der Waals surface area contributed by atoms with Crippen LogP contribution >= 0.6 is 22.9 Å². The minimum Gasteiger partial charge on any atom is -0.391 e. The van der Waals surface area contributed by atoms with E-state index in [1.165, 1.54) is 16.2 Å². The molecule has 2 aromatic rings. The summed E-state index contributed by atoms with van der Waals surface area (Å²) in [4.78, 5) is 32.7. The van der Waals surface area contributed by atoms with Crippen LogP contribution in [0.5, 0.6) is 0 Å². The summed E-state index contributed by atoms with van der Waals surface area (Å²) in [6, 6.07) is 3.83. The van der Waals surface area contributed by atoms with Crippen LogP contribution in [-0.2, 0) is 9.59 Å². The number of rotatable bonds is 5. The highest BCUT2D eigenvalue weighted by Crippen LogP contribution is 2.35. The van der Waals surface area contributed by atoms with E-state index in [0.29, 0.717) is 5.02 Å². The number of benzene rings is 1. The highest BCUT2D eigenvalue weighted by atomic mass is 35.5. The van der Waals surface area contributed by atoms with Crippen LogP contribution in [0.25, 0.3) is 10.4 Å². The van der Waals surface area contributed by atoms with Crippen LogP contribution in [0, 0.1) is 12.3 Å². The number of β-amino-alcohol motifs (C(OH)–C–C–N with tert-alkyl or cyclic N) is 1. The number of halogens is 1. The molecule has 174 valence electrons. The number of carbonyl (C=O) groups excluding carboxylic acids is 2. The van der Waals surface area contributed by atoms with E-state index in [9.17, 15) is 14.7 Å². The van der Waals surface area contributed by atoms with E-state index in [4.69, 9.17) is 17.3 Å². The van der Waals surface area contributed by atoms with Crippen molar-refractivity contribution in [3.05, 3.63) is 40.0 Å². The standard InChI is InChI=1S/C23H31ClN4O3S/c1-12(14-6-7-16(17(24)8-14)19-13(2)26-11-32-19)27-21(30)18-9-15(29)10-28(18)22(31)20(25)23(3,4)5/h6-8,11-12,15,18,20,29H,9-10,25H2,1-5H3,(H,27,30)/t12?,15-,18+,20?/m1/s1. The van der Waals surface area contributed by atoms with Crippen molar-refractivity contribution >= 4 is 34.8 Å². The molecular formula is C23H31ClN4O3S. The molecular weight excluding hydrogens is 448 g/mol. The zero-order valence-corrected chi connectivity index (χ0v) is 20.6. The number of aliphatic hydroxyl groups is 1. The van der Waals surface area contributed by atoms with Crippen LogP contribution in [0.2, 0.25) is 5.02 Å². The van der Waals surface area contributed by atoms with Gasteiger partial charge in [0.25, 0.3) is 0 Å². The lowest BCUT2D eigenvalue weighted by atomic mass is 9.86. The molecule has 32 heavy (non-hydrogen) atoms. The zero-order chi connectivity index (χ0) is 23.8. The summed E-state index contributed by atoms with van der Waals surface area (Å²) < 4.78 is 0. The van der Waals surface area contributed by atoms with Crippen molar-refractivity contribution in [3.8, 4) is 10.4 Å². The van der Waals surface area contributed by atoms with Gasteiger partial charge in [0.2, 0.25) is 11.8 Å². The largest absolute Gasteiger partial charge is 0.391 e. The molecule has 1 aliphatic heterocycles. The lowest BCUT2D eigenvalue weighted by Gasteiger charge is -2.32. The van der Waals surface area contributed by atoms with E-state index in [1.807, 2.05) is 52.8 Å². The predicted molar refractivity (Wildman–Crippen MR) is 127 cm³/mol. The number of aromatic nitrogens is 1. The van der Waals surface area contributed by atoms with Crippen LogP contribution in [0.3, 0.4) is 0 Å². The average Bonchev–Trinajstić information content (AvgIpc) is 3.31. The molecule has 7 nitrogen and oxygen atoms in total. The summed E-state index contributed by atoms with van der Waals surface area (Å²) >= 11 is 8.06. The molecule has 2 heterocycles. The lowest BCUT2D eigenvalue weighted by Crippen LogP contribution is -2.55. The fraction of sp³-hybridized carbons (Fsp3) is 0.522. The van der Waals surface area contributed by atoms with E-state index in [0.717, 1.165) is 21.7 Å². The number of hydrogen-bond acceptors (Lipinski definition) is 6. The van der Waals surface area contributed by atoms with Crippen molar-refractivity contribution < 1.29 is 14.7 Å². The molecule has 0 radical (unpaired) electrons. The zero-order valence-electron chi connectivity index (χ0n) is 19.1. The maximum atomic E-state index is 13.0. The molecule has 2 amide bonds. The van der Waals surface area contributed by atoms with E-state index < -0.39 is 23.6 Å². The third kappa shape index (κ3) is 5.14. The molecule has 1 fully saturated rings. The third-order valence-electron chi connectivity index (χ3n) is 5.91. The summed E-state index contributed by atoms with van der Waals surface area (Å²) in [6.45, 7) is 9.53. The van der Waals surface area contributed by atoms with Gasteiger partial charge >= 0.3 is 0 Å². The normalized spacial score (nSPS) is 20.8.